The molecule has 0 saturated heterocycles. The molecular weight excluding hydrogens is 1100 g/mol. The molecular formula is C79H154N2O6P+. The Labute approximate surface area is 549 Å². The van der Waals surface area contributed by atoms with Crippen molar-refractivity contribution in [3.8, 4) is 0 Å². The first kappa shape index (κ1) is 86.5. The number of likely N-dealkylation sites (N-methyl/N-ethyl adjacent to an activating group) is 1. The Hall–Kier alpha value is -1.54. The molecule has 0 heterocycles. The van der Waals surface area contributed by atoms with E-state index < -0.39 is 20.0 Å². The van der Waals surface area contributed by atoms with Gasteiger partial charge in [-0.3, -0.25) is 13.8 Å². The number of aliphatic hydroxyl groups is 1. The standard InChI is InChI=1S/C79H153N2O6P/c1-6-8-10-12-14-16-18-20-22-24-26-28-30-32-34-36-37-38-39-40-41-42-43-45-47-49-51-53-55-57-59-61-63-65-67-69-71-73-79(83)80-77(76-87-88(84,85)86-75-74-81(3,4)5)78(82)72-70-68-66-64-62-60-58-56-54-52-50-48-46-44-35-33-31-29-27-25-23-21-19-17-15-13-11-9-7-2/h24,26,54,56,62,64,70,72,77-78,82H,6-23,25,27-53,55,57-61,63,65-69,71,73-76H2,1-5H3,(H-,80,83,84,85)/p+1/b26-24-,56-54+,64-62+,72-70+. The van der Waals surface area contributed by atoms with Crippen molar-refractivity contribution < 1.29 is 32.9 Å². The van der Waals surface area contributed by atoms with Crippen molar-refractivity contribution in [1.29, 1.82) is 0 Å². The van der Waals surface area contributed by atoms with E-state index in [2.05, 4.69) is 55.6 Å². The largest absolute Gasteiger partial charge is 0.472 e. The van der Waals surface area contributed by atoms with Crippen LogP contribution in [0.1, 0.15) is 399 Å². The van der Waals surface area contributed by atoms with Crippen LogP contribution in [0.4, 0.5) is 0 Å². The van der Waals surface area contributed by atoms with Gasteiger partial charge in [0.15, 0.2) is 0 Å². The van der Waals surface area contributed by atoms with Gasteiger partial charge >= 0.3 is 7.82 Å². The minimum absolute atomic E-state index is 0.0548. The van der Waals surface area contributed by atoms with Gasteiger partial charge in [0.25, 0.3) is 0 Å². The highest BCUT2D eigenvalue weighted by Gasteiger charge is 2.28. The topological polar surface area (TPSA) is 105 Å². The lowest BCUT2D eigenvalue weighted by Crippen LogP contribution is -2.45. The second-order valence-corrected chi connectivity index (χ2v) is 29.5. The summed E-state index contributed by atoms with van der Waals surface area (Å²) in [6.45, 7) is 4.85. The predicted octanol–water partition coefficient (Wildman–Crippen LogP) is 25.3. The predicted molar refractivity (Wildman–Crippen MR) is 387 cm³/mol. The fourth-order valence-corrected chi connectivity index (χ4v) is 12.7. The number of allylic oxidation sites excluding steroid dienone is 7. The highest BCUT2D eigenvalue weighted by molar-refractivity contribution is 7.47. The third-order valence-corrected chi connectivity index (χ3v) is 19.0. The van der Waals surface area contributed by atoms with Gasteiger partial charge < -0.3 is 19.8 Å². The van der Waals surface area contributed by atoms with Crippen molar-refractivity contribution in [1.82, 2.24) is 5.32 Å². The Morgan fingerprint density at radius 2 is 0.625 bits per heavy atom. The fraction of sp³-hybridized carbons (Fsp3) is 0.886. The van der Waals surface area contributed by atoms with Gasteiger partial charge in [-0.05, 0) is 70.6 Å². The molecule has 3 atom stereocenters. The van der Waals surface area contributed by atoms with Crippen LogP contribution in [0, 0.1) is 0 Å². The summed E-state index contributed by atoms with van der Waals surface area (Å²) < 4.78 is 23.8. The highest BCUT2D eigenvalue weighted by atomic mass is 31.2. The molecule has 0 aliphatic carbocycles. The maximum atomic E-state index is 13.1. The Balaban J connectivity index is 4.00. The Kier molecular flexibility index (Phi) is 68.6. The van der Waals surface area contributed by atoms with Crippen molar-refractivity contribution in [2.75, 3.05) is 40.9 Å². The molecule has 0 radical (unpaired) electrons. The number of nitrogens with zero attached hydrogens (tertiary/aromatic N) is 1. The average Bonchev–Trinajstić information content (AvgIpc) is 3.70. The van der Waals surface area contributed by atoms with Gasteiger partial charge in [0.05, 0.1) is 39.9 Å². The van der Waals surface area contributed by atoms with Crippen molar-refractivity contribution in [2.45, 2.75) is 411 Å². The first-order valence-corrected chi connectivity index (χ1v) is 40.5. The minimum atomic E-state index is -4.37. The molecule has 0 bridgehead atoms. The molecule has 0 aliphatic rings. The van der Waals surface area contributed by atoms with Crippen LogP contribution in [0.25, 0.3) is 0 Å². The Morgan fingerprint density at radius 1 is 0.375 bits per heavy atom. The molecule has 3 N–H and O–H groups in total. The van der Waals surface area contributed by atoms with Gasteiger partial charge in [-0.1, -0.05) is 371 Å². The van der Waals surface area contributed by atoms with Gasteiger partial charge in [-0.2, -0.15) is 0 Å². The molecule has 0 aliphatic heterocycles. The summed E-state index contributed by atoms with van der Waals surface area (Å²) >= 11 is 0. The maximum Gasteiger partial charge on any atom is 0.472 e. The van der Waals surface area contributed by atoms with E-state index in [1.54, 1.807) is 6.08 Å². The summed E-state index contributed by atoms with van der Waals surface area (Å²) in [5.74, 6) is -0.183. The number of phosphoric acid groups is 1. The molecule has 0 saturated carbocycles. The molecule has 88 heavy (non-hydrogen) atoms. The van der Waals surface area contributed by atoms with Crippen molar-refractivity contribution >= 4 is 13.7 Å². The molecule has 9 heteroatoms. The summed E-state index contributed by atoms with van der Waals surface area (Å²) in [6.07, 6.45) is 96.0. The van der Waals surface area contributed by atoms with E-state index in [4.69, 9.17) is 9.05 Å². The third kappa shape index (κ3) is 71.9. The lowest BCUT2D eigenvalue weighted by molar-refractivity contribution is -0.870. The van der Waals surface area contributed by atoms with Crippen LogP contribution in [0.15, 0.2) is 48.6 Å². The van der Waals surface area contributed by atoms with Crippen LogP contribution < -0.4 is 5.32 Å². The van der Waals surface area contributed by atoms with E-state index in [0.29, 0.717) is 17.4 Å². The normalized spacial score (nSPS) is 13.8. The SMILES string of the molecule is CCCCCCCCCC/C=C\CCCCCCCCCCCCCCCCCCCCCCCCCCCC(=O)NC(COP(=O)(O)OCC[N+](C)(C)C)C(O)/C=C/CC/C=C/CC/C=C/CCCCCCCCCCCCCCCCCCCCC. The van der Waals surface area contributed by atoms with Gasteiger partial charge in [-0.15, -0.1) is 0 Å². The highest BCUT2D eigenvalue weighted by Crippen LogP contribution is 2.43. The summed E-state index contributed by atoms with van der Waals surface area (Å²) in [4.78, 5) is 23.5. The van der Waals surface area contributed by atoms with Gasteiger partial charge in [-0.25, -0.2) is 4.57 Å². The van der Waals surface area contributed by atoms with Gasteiger partial charge in [0.2, 0.25) is 5.91 Å². The quantitative estimate of drug-likeness (QED) is 0.0243. The van der Waals surface area contributed by atoms with E-state index in [0.717, 1.165) is 44.9 Å². The van der Waals surface area contributed by atoms with Crippen molar-refractivity contribution in [3.05, 3.63) is 48.6 Å². The first-order chi connectivity index (χ1) is 43.0. The number of quaternary nitrogens is 1. The maximum absolute atomic E-state index is 13.1. The number of amides is 1. The van der Waals surface area contributed by atoms with Crippen molar-refractivity contribution in [3.63, 3.8) is 0 Å². The van der Waals surface area contributed by atoms with Crippen LogP contribution in [0.5, 0.6) is 0 Å². The number of nitrogens with one attached hydrogen (secondary N) is 1. The average molecular weight is 1260 g/mol. The molecule has 0 rings (SSSR count). The molecule has 0 spiro atoms. The third-order valence-electron chi connectivity index (χ3n) is 18.0. The lowest BCUT2D eigenvalue weighted by atomic mass is 10.0. The molecule has 520 valence electrons. The molecule has 0 aromatic heterocycles. The molecule has 3 unspecified atom stereocenters. The van der Waals surface area contributed by atoms with Crippen LogP contribution in [-0.4, -0.2) is 73.4 Å². The van der Waals surface area contributed by atoms with E-state index in [9.17, 15) is 19.4 Å². The zero-order chi connectivity index (χ0) is 64.1. The summed E-state index contributed by atoms with van der Waals surface area (Å²) in [5, 5.41) is 14.0. The van der Waals surface area contributed by atoms with Gasteiger partial charge in [0.1, 0.15) is 13.2 Å². The second-order valence-electron chi connectivity index (χ2n) is 28.1. The lowest BCUT2D eigenvalue weighted by Gasteiger charge is -2.25. The number of phosphoric ester groups is 1. The number of hydrogen-bond donors (Lipinski definition) is 3. The number of rotatable bonds is 73. The van der Waals surface area contributed by atoms with Crippen LogP contribution in [-0.2, 0) is 18.4 Å². The molecule has 1 amide bonds. The van der Waals surface area contributed by atoms with Gasteiger partial charge in [0, 0.05) is 6.42 Å². The van der Waals surface area contributed by atoms with E-state index in [1.165, 1.54) is 334 Å². The fourth-order valence-electron chi connectivity index (χ4n) is 12.0. The van der Waals surface area contributed by atoms with E-state index >= 15 is 0 Å². The van der Waals surface area contributed by atoms with E-state index in [1.807, 2.05) is 27.2 Å². The van der Waals surface area contributed by atoms with Crippen LogP contribution in [0.3, 0.4) is 0 Å². The second kappa shape index (κ2) is 69.8. The smallest absolute Gasteiger partial charge is 0.387 e. The molecule has 8 nitrogen and oxygen atoms in total. The minimum Gasteiger partial charge on any atom is -0.387 e. The van der Waals surface area contributed by atoms with Crippen molar-refractivity contribution in [2.24, 2.45) is 0 Å². The number of hydrogen-bond acceptors (Lipinski definition) is 5. The Morgan fingerprint density at radius 3 is 0.909 bits per heavy atom. The van der Waals surface area contributed by atoms with E-state index in [-0.39, 0.29) is 19.1 Å². The monoisotopic (exact) mass is 1260 g/mol. The number of carbonyl (C=O) groups excluding carboxylic acids is 1. The number of unbranched alkanes of at least 4 members (excludes halogenated alkanes) is 54. The van der Waals surface area contributed by atoms with Crippen LogP contribution in [0.2, 0.25) is 0 Å². The summed E-state index contributed by atoms with van der Waals surface area (Å²) in [5.41, 5.74) is 0. The number of aliphatic hydroxyl groups excluding tert-OH is 1. The first-order valence-electron chi connectivity index (χ1n) is 39.0. The van der Waals surface area contributed by atoms with Crippen LogP contribution >= 0.6 is 7.82 Å². The summed E-state index contributed by atoms with van der Waals surface area (Å²) in [6, 6.07) is -0.871. The zero-order valence-corrected chi connectivity index (χ0v) is 60.6. The molecule has 0 fully saturated rings. The molecule has 0 aromatic rings. The summed E-state index contributed by atoms with van der Waals surface area (Å²) in [7, 11) is 1.56. The zero-order valence-electron chi connectivity index (χ0n) is 59.7. The molecule has 0 aromatic carbocycles. The Bertz CT molecular complexity index is 1580. The number of carbonyl (C=O) groups is 1.